The zero-order valence-electron chi connectivity index (χ0n) is 11.8. The number of hydrogen-bond donors (Lipinski definition) is 1. The van der Waals surface area contributed by atoms with E-state index in [-0.39, 0.29) is 5.54 Å². The van der Waals surface area contributed by atoms with Crippen LogP contribution in [0.2, 0.25) is 0 Å². The first kappa shape index (κ1) is 14.1. The molecule has 2 aromatic heterocycles. The average molecular weight is 276 g/mol. The molecular formula is C14H20N4S. The van der Waals surface area contributed by atoms with Gasteiger partial charge in [0, 0.05) is 37.7 Å². The fraction of sp³-hybridized carbons (Fsp3) is 0.429. The monoisotopic (exact) mass is 276 g/mol. The molecule has 0 radical (unpaired) electrons. The van der Waals surface area contributed by atoms with Crippen molar-refractivity contribution in [3.05, 3.63) is 36.3 Å². The predicted molar refractivity (Wildman–Crippen MR) is 78.2 cm³/mol. The van der Waals surface area contributed by atoms with Crippen LogP contribution in [0.5, 0.6) is 0 Å². The maximum absolute atomic E-state index is 4.46. The zero-order chi connectivity index (χ0) is 13.9. The average Bonchev–Trinajstić information content (AvgIpc) is 2.73. The van der Waals surface area contributed by atoms with Crippen molar-refractivity contribution in [2.45, 2.75) is 43.0 Å². The number of aromatic nitrogens is 3. The summed E-state index contributed by atoms with van der Waals surface area (Å²) in [6.45, 7) is 7.31. The Morgan fingerprint density at radius 2 is 2.05 bits per heavy atom. The van der Waals surface area contributed by atoms with Crippen LogP contribution in [-0.2, 0) is 13.6 Å². The van der Waals surface area contributed by atoms with Gasteiger partial charge in [-0.2, -0.15) is 0 Å². The van der Waals surface area contributed by atoms with Crippen molar-refractivity contribution in [2.24, 2.45) is 7.05 Å². The summed E-state index contributed by atoms with van der Waals surface area (Å²) in [5.74, 6) is 0. The first-order valence-electron chi connectivity index (χ1n) is 6.29. The van der Waals surface area contributed by atoms with E-state index in [1.807, 2.05) is 30.1 Å². The number of nitrogens with one attached hydrogen (secondary N) is 1. The Hall–Kier alpha value is -1.33. The fourth-order valence-corrected chi connectivity index (χ4v) is 2.23. The Morgan fingerprint density at radius 3 is 2.58 bits per heavy atom. The van der Waals surface area contributed by atoms with Gasteiger partial charge < -0.3 is 9.88 Å². The van der Waals surface area contributed by atoms with Gasteiger partial charge in [0.25, 0.3) is 0 Å². The maximum atomic E-state index is 4.46. The van der Waals surface area contributed by atoms with Gasteiger partial charge in [-0.05, 0) is 44.2 Å². The summed E-state index contributed by atoms with van der Waals surface area (Å²) >= 11 is 1.57. The molecule has 102 valence electrons. The summed E-state index contributed by atoms with van der Waals surface area (Å²) in [6.07, 6.45) is 5.65. The Kier molecular flexibility index (Phi) is 4.27. The minimum absolute atomic E-state index is 0.125. The number of imidazole rings is 1. The predicted octanol–water partition coefficient (Wildman–Crippen LogP) is 2.85. The van der Waals surface area contributed by atoms with Crippen LogP contribution in [0, 0.1) is 0 Å². The van der Waals surface area contributed by atoms with Crippen LogP contribution in [0.25, 0.3) is 0 Å². The molecular weight excluding hydrogens is 256 g/mol. The molecule has 0 saturated heterocycles. The van der Waals surface area contributed by atoms with Gasteiger partial charge in [0.15, 0.2) is 5.16 Å². The lowest BCUT2D eigenvalue weighted by Crippen LogP contribution is -2.35. The molecule has 0 aliphatic heterocycles. The number of aryl methyl sites for hydroxylation is 1. The molecule has 1 N–H and O–H groups in total. The van der Waals surface area contributed by atoms with Crippen LogP contribution in [0.15, 0.2) is 40.9 Å². The summed E-state index contributed by atoms with van der Waals surface area (Å²) in [5.41, 5.74) is 1.32. The molecule has 0 fully saturated rings. The van der Waals surface area contributed by atoms with E-state index in [4.69, 9.17) is 0 Å². The molecule has 0 atom stereocenters. The molecule has 2 aromatic rings. The van der Waals surface area contributed by atoms with E-state index in [1.54, 1.807) is 18.0 Å². The van der Waals surface area contributed by atoms with Gasteiger partial charge >= 0.3 is 0 Å². The Labute approximate surface area is 118 Å². The molecule has 2 heterocycles. The van der Waals surface area contributed by atoms with E-state index in [1.165, 1.54) is 5.56 Å². The Balaban J connectivity index is 1.97. The molecule has 0 aromatic carbocycles. The van der Waals surface area contributed by atoms with Crippen molar-refractivity contribution < 1.29 is 0 Å². The van der Waals surface area contributed by atoms with Crippen LogP contribution in [0.1, 0.15) is 26.3 Å². The maximum Gasteiger partial charge on any atom is 0.174 e. The van der Waals surface area contributed by atoms with Crippen molar-refractivity contribution >= 4 is 11.8 Å². The molecule has 0 aliphatic carbocycles. The van der Waals surface area contributed by atoms with Crippen molar-refractivity contribution in [1.29, 1.82) is 0 Å². The lowest BCUT2D eigenvalue weighted by atomic mass is 10.1. The summed E-state index contributed by atoms with van der Waals surface area (Å²) in [5, 5.41) is 5.37. The molecule has 0 bridgehead atoms. The van der Waals surface area contributed by atoms with Crippen molar-refractivity contribution in [1.82, 2.24) is 19.9 Å². The minimum Gasteiger partial charge on any atom is -0.329 e. The van der Waals surface area contributed by atoms with Crippen LogP contribution < -0.4 is 5.32 Å². The molecule has 0 amide bonds. The third-order valence-corrected chi connectivity index (χ3v) is 3.62. The smallest absolute Gasteiger partial charge is 0.174 e. The molecule has 2 rings (SSSR count). The summed E-state index contributed by atoms with van der Waals surface area (Å²) in [4.78, 5) is 8.74. The zero-order valence-corrected chi connectivity index (χ0v) is 12.7. The Bertz CT molecular complexity index is 525. The van der Waals surface area contributed by atoms with Crippen LogP contribution in [0.3, 0.4) is 0 Å². The fourth-order valence-electron chi connectivity index (χ4n) is 1.49. The molecule has 0 unspecified atom stereocenters. The van der Waals surface area contributed by atoms with E-state index in [2.05, 4.69) is 42.1 Å². The molecule has 0 aliphatic rings. The molecule has 0 saturated carbocycles. The third-order valence-electron chi connectivity index (χ3n) is 2.59. The normalized spacial score (nSPS) is 11.8. The van der Waals surface area contributed by atoms with E-state index in [9.17, 15) is 0 Å². The van der Waals surface area contributed by atoms with Crippen LogP contribution in [-0.4, -0.2) is 20.1 Å². The van der Waals surface area contributed by atoms with E-state index >= 15 is 0 Å². The van der Waals surface area contributed by atoms with Crippen molar-refractivity contribution in [3.8, 4) is 0 Å². The van der Waals surface area contributed by atoms with Crippen molar-refractivity contribution in [3.63, 3.8) is 0 Å². The van der Waals surface area contributed by atoms with Gasteiger partial charge in [-0.1, -0.05) is 6.07 Å². The van der Waals surface area contributed by atoms with Crippen LogP contribution >= 0.6 is 11.8 Å². The standard InChI is InChI=1S/C14H20N4S/c1-14(2,3)17-10-11-5-6-12(16-9-11)19-13-15-7-8-18(13)4/h5-9,17H,10H2,1-4H3. The highest BCUT2D eigenvalue weighted by atomic mass is 32.2. The van der Waals surface area contributed by atoms with E-state index < -0.39 is 0 Å². The first-order valence-corrected chi connectivity index (χ1v) is 7.11. The van der Waals surface area contributed by atoms with Crippen molar-refractivity contribution in [2.75, 3.05) is 0 Å². The van der Waals surface area contributed by atoms with Gasteiger partial charge in [0.05, 0.1) is 0 Å². The molecule has 19 heavy (non-hydrogen) atoms. The second kappa shape index (κ2) is 5.75. The highest BCUT2D eigenvalue weighted by Gasteiger charge is 2.09. The number of hydrogen-bond acceptors (Lipinski definition) is 4. The number of nitrogens with zero attached hydrogens (tertiary/aromatic N) is 3. The van der Waals surface area contributed by atoms with E-state index in [0.717, 1.165) is 16.7 Å². The second-order valence-electron chi connectivity index (χ2n) is 5.53. The third kappa shape index (κ3) is 4.36. The largest absolute Gasteiger partial charge is 0.329 e. The van der Waals surface area contributed by atoms with Gasteiger partial charge in [-0.15, -0.1) is 0 Å². The lowest BCUT2D eigenvalue weighted by Gasteiger charge is -2.20. The van der Waals surface area contributed by atoms with Gasteiger partial charge in [-0.25, -0.2) is 9.97 Å². The first-order chi connectivity index (χ1) is 8.94. The quantitative estimate of drug-likeness (QED) is 0.932. The van der Waals surface area contributed by atoms with Gasteiger partial charge in [-0.3, -0.25) is 0 Å². The summed E-state index contributed by atoms with van der Waals surface area (Å²) < 4.78 is 1.99. The second-order valence-corrected chi connectivity index (χ2v) is 6.52. The highest BCUT2D eigenvalue weighted by molar-refractivity contribution is 7.99. The molecule has 0 spiro atoms. The Morgan fingerprint density at radius 1 is 1.26 bits per heavy atom. The summed E-state index contributed by atoms with van der Waals surface area (Å²) in [7, 11) is 1.98. The number of pyridine rings is 1. The van der Waals surface area contributed by atoms with E-state index in [0.29, 0.717) is 0 Å². The SMILES string of the molecule is Cn1ccnc1Sc1ccc(CNC(C)(C)C)cn1. The lowest BCUT2D eigenvalue weighted by molar-refractivity contribution is 0.424. The van der Waals surface area contributed by atoms with Gasteiger partial charge in [0.1, 0.15) is 5.03 Å². The van der Waals surface area contributed by atoms with Crippen LogP contribution in [0.4, 0.5) is 0 Å². The number of rotatable bonds is 4. The minimum atomic E-state index is 0.125. The molecule has 5 heteroatoms. The molecule has 4 nitrogen and oxygen atoms in total. The highest BCUT2D eigenvalue weighted by Crippen LogP contribution is 2.23. The summed E-state index contributed by atoms with van der Waals surface area (Å²) in [6, 6.07) is 4.15. The topological polar surface area (TPSA) is 42.7 Å². The van der Waals surface area contributed by atoms with Gasteiger partial charge in [0.2, 0.25) is 0 Å².